The summed E-state index contributed by atoms with van der Waals surface area (Å²) in [4.78, 5) is 19.2. The molecule has 0 atom stereocenters. The van der Waals surface area contributed by atoms with Crippen molar-refractivity contribution < 1.29 is 4.79 Å². The Morgan fingerprint density at radius 1 is 1.39 bits per heavy atom. The van der Waals surface area contributed by atoms with Crippen LogP contribution in [0.15, 0.2) is 0 Å². The van der Waals surface area contributed by atoms with Gasteiger partial charge < -0.3 is 10.2 Å². The van der Waals surface area contributed by atoms with Crippen LogP contribution in [0.5, 0.6) is 0 Å². The van der Waals surface area contributed by atoms with Gasteiger partial charge in [-0.25, -0.2) is 4.98 Å². The van der Waals surface area contributed by atoms with Crippen molar-refractivity contribution in [1.82, 2.24) is 15.2 Å². The van der Waals surface area contributed by atoms with E-state index in [1.54, 1.807) is 0 Å². The van der Waals surface area contributed by atoms with Crippen LogP contribution in [0, 0.1) is 6.92 Å². The molecule has 1 aromatic rings. The fourth-order valence-electron chi connectivity index (χ4n) is 1.66. The quantitative estimate of drug-likeness (QED) is 0.773. The van der Waals surface area contributed by atoms with Crippen molar-refractivity contribution >= 4 is 17.2 Å². The molecule has 4 nitrogen and oxygen atoms in total. The first-order valence-electron chi connectivity index (χ1n) is 6.43. The van der Waals surface area contributed by atoms with Crippen LogP contribution in [0.3, 0.4) is 0 Å². The Hall–Kier alpha value is -0.940. The molecule has 0 saturated heterocycles. The van der Waals surface area contributed by atoms with Crippen LogP contribution in [0.1, 0.15) is 46.6 Å². The second kappa shape index (κ2) is 7.48. The molecule has 0 aliphatic rings. The number of amides is 1. The highest BCUT2D eigenvalue weighted by molar-refractivity contribution is 7.13. The summed E-state index contributed by atoms with van der Waals surface area (Å²) in [7, 11) is 4.00. The lowest BCUT2D eigenvalue weighted by Crippen LogP contribution is -2.24. The molecule has 5 heteroatoms. The highest BCUT2D eigenvalue weighted by atomic mass is 32.1. The van der Waals surface area contributed by atoms with E-state index in [1.165, 1.54) is 17.8 Å². The number of hydrogen-bond donors (Lipinski definition) is 1. The number of aromatic nitrogens is 1. The van der Waals surface area contributed by atoms with Crippen LogP contribution >= 0.6 is 11.3 Å². The van der Waals surface area contributed by atoms with Gasteiger partial charge in [-0.05, 0) is 27.4 Å². The van der Waals surface area contributed by atoms with E-state index in [0.717, 1.165) is 41.5 Å². The van der Waals surface area contributed by atoms with Gasteiger partial charge in [-0.15, -0.1) is 11.3 Å². The minimum Gasteiger partial charge on any atom is -0.351 e. The summed E-state index contributed by atoms with van der Waals surface area (Å²) in [5, 5.41) is 3.96. The molecule has 0 fully saturated rings. The number of aryl methyl sites for hydroxylation is 1. The lowest BCUT2D eigenvalue weighted by molar-refractivity contribution is 0.0956. The first-order chi connectivity index (χ1) is 8.54. The zero-order chi connectivity index (χ0) is 13.5. The zero-order valence-electron chi connectivity index (χ0n) is 11.7. The fraction of sp³-hybridized carbons (Fsp3) is 0.692. The molecule has 0 spiro atoms. The molecule has 0 radical (unpaired) electrons. The average molecular weight is 269 g/mol. The molecule has 1 aromatic heterocycles. The van der Waals surface area contributed by atoms with Gasteiger partial charge in [-0.2, -0.15) is 0 Å². The second-order valence-electron chi connectivity index (χ2n) is 4.72. The van der Waals surface area contributed by atoms with Gasteiger partial charge in [0, 0.05) is 13.1 Å². The first-order valence-corrected chi connectivity index (χ1v) is 7.25. The molecule has 18 heavy (non-hydrogen) atoms. The van der Waals surface area contributed by atoms with Crippen molar-refractivity contribution in [3.8, 4) is 0 Å². The van der Waals surface area contributed by atoms with Crippen LogP contribution in [0.4, 0.5) is 0 Å². The number of rotatable bonds is 7. The largest absolute Gasteiger partial charge is 0.351 e. The van der Waals surface area contributed by atoms with E-state index in [9.17, 15) is 4.79 Å². The Balaban J connectivity index is 2.54. The van der Waals surface area contributed by atoms with E-state index in [0.29, 0.717) is 0 Å². The maximum Gasteiger partial charge on any atom is 0.263 e. The summed E-state index contributed by atoms with van der Waals surface area (Å²) in [6.45, 7) is 5.60. The topological polar surface area (TPSA) is 45.2 Å². The molecule has 0 aliphatic heterocycles. The molecule has 0 unspecified atom stereocenters. The second-order valence-corrected chi connectivity index (χ2v) is 5.81. The van der Waals surface area contributed by atoms with E-state index in [2.05, 4.69) is 22.1 Å². The Kier molecular flexibility index (Phi) is 6.29. The third kappa shape index (κ3) is 4.74. The van der Waals surface area contributed by atoms with E-state index in [-0.39, 0.29) is 5.91 Å². The van der Waals surface area contributed by atoms with E-state index < -0.39 is 0 Å². The molecule has 0 bridgehead atoms. The Labute approximate surface area is 113 Å². The molecule has 0 aliphatic carbocycles. The number of thiazole rings is 1. The fourth-order valence-corrected chi connectivity index (χ4v) is 2.76. The minimum atomic E-state index is 0.0195. The third-order valence-electron chi connectivity index (χ3n) is 2.56. The van der Waals surface area contributed by atoms with Gasteiger partial charge in [0.15, 0.2) is 0 Å². The van der Waals surface area contributed by atoms with Gasteiger partial charge >= 0.3 is 0 Å². The smallest absolute Gasteiger partial charge is 0.263 e. The standard InChI is InChI=1S/C13H23N3OS/c1-5-6-7-8-14-13(17)12-10(2)15-11(18-12)9-16(3)4/h5-9H2,1-4H3,(H,14,17). The maximum absolute atomic E-state index is 12.0. The Morgan fingerprint density at radius 3 is 2.72 bits per heavy atom. The zero-order valence-corrected chi connectivity index (χ0v) is 12.6. The molecular formula is C13H23N3OS. The SMILES string of the molecule is CCCCCNC(=O)c1sc(CN(C)C)nc1C. The molecule has 1 amide bonds. The average Bonchev–Trinajstić information content (AvgIpc) is 2.64. The summed E-state index contributed by atoms with van der Waals surface area (Å²) in [6.07, 6.45) is 3.38. The van der Waals surface area contributed by atoms with Crippen molar-refractivity contribution in [3.05, 3.63) is 15.6 Å². The highest BCUT2D eigenvalue weighted by Gasteiger charge is 2.14. The van der Waals surface area contributed by atoms with Crippen LogP contribution in [-0.2, 0) is 6.54 Å². The Bertz CT molecular complexity index is 388. The molecule has 102 valence electrons. The highest BCUT2D eigenvalue weighted by Crippen LogP contribution is 2.18. The number of carbonyl (C=O) groups excluding carboxylic acids is 1. The number of nitrogens with zero attached hydrogens (tertiary/aromatic N) is 2. The monoisotopic (exact) mass is 269 g/mol. The van der Waals surface area contributed by atoms with Crippen molar-refractivity contribution in [2.24, 2.45) is 0 Å². The first kappa shape index (κ1) is 15.1. The number of nitrogens with one attached hydrogen (secondary N) is 1. The van der Waals surface area contributed by atoms with Gasteiger partial charge in [0.25, 0.3) is 5.91 Å². The molecule has 0 saturated carbocycles. The lowest BCUT2D eigenvalue weighted by Gasteiger charge is -2.05. The molecular weight excluding hydrogens is 246 g/mol. The van der Waals surface area contributed by atoms with Gasteiger partial charge in [-0.1, -0.05) is 19.8 Å². The lowest BCUT2D eigenvalue weighted by atomic mass is 10.2. The van der Waals surface area contributed by atoms with Crippen molar-refractivity contribution in [1.29, 1.82) is 0 Å². The summed E-state index contributed by atoms with van der Waals surface area (Å²) in [6, 6.07) is 0. The van der Waals surface area contributed by atoms with Crippen LogP contribution in [0.25, 0.3) is 0 Å². The number of carbonyl (C=O) groups is 1. The Morgan fingerprint density at radius 2 is 2.11 bits per heavy atom. The summed E-state index contributed by atoms with van der Waals surface area (Å²) < 4.78 is 0. The number of hydrogen-bond acceptors (Lipinski definition) is 4. The van der Waals surface area contributed by atoms with Crippen molar-refractivity contribution in [2.45, 2.75) is 39.7 Å². The third-order valence-corrected chi connectivity index (χ3v) is 3.71. The maximum atomic E-state index is 12.0. The van der Waals surface area contributed by atoms with Crippen molar-refractivity contribution in [2.75, 3.05) is 20.6 Å². The normalized spacial score (nSPS) is 10.9. The summed E-state index contributed by atoms with van der Waals surface area (Å²) in [5.41, 5.74) is 0.838. The number of unbranched alkanes of at least 4 members (excludes halogenated alkanes) is 2. The predicted molar refractivity (Wildman–Crippen MR) is 76.1 cm³/mol. The minimum absolute atomic E-state index is 0.0195. The predicted octanol–water partition coefficient (Wildman–Crippen LogP) is 2.43. The molecule has 1 N–H and O–H groups in total. The van der Waals surface area contributed by atoms with Gasteiger partial charge in [-0.3, -0.25) is 4.79 Å². The van der Waals surface area contributed by atoms with Crippen LogP contribution < -0.4 is 5.32 Å². The van der Waals surface area contributed by atoms with Crippen LogP contribution in [0.2, 0.25) is 0 Å². The summed E-state index contributed by atoms with van der Waals surface area (Å²) >= 11 is 1.49. The van der Waals surface area contributed by atoms with Gasteiger partial charge in [0.1, 0.15) is 9.88 Å². The summed E-state index contributed by atoms with van der Waals surface area (Å²) in [5.74, 6) is 0.0195. The van der Waals surface area contributed by atoms with E-state index >= 15 is 0 Å². The van der Waals surface area contributed by atoms with Gasteiger partial charge in [0.2, 0.25) is 0 Å². The van der Waals surface area contributed by atoms with Crippen LogP contribution in [-0.4, -0.2) is 36.4 Å². The molecule has 1 rings (SSSR count). The van der Waals surface area contributed by atoms with E-state index in [4.69, 9.17) is 0 Å². The van der Waals surface area contributed by atoms with E-state index in [1.807, 2.05) is 21.0 Å². The molecule has 0 aromatic carbocycles. The molecule has 1 heterocycles. The van der Waals surface area contributed by atoms with Crippen molar-refractivity contribution in [3.63, 3.8) is 0 Å². The van der Waals surface area contributed by atoms with Gasteiger partial charge in [0.05, 0.1) is 5.69 Å².